The second kappa shape index (κ2) is 10.7. The van der Waals surface area contributed by atoms with Crippen molar-refractivity contribution in [2.45, 2.75) is 0 Å². The molecule has 1 amide bonds. The molecule has 0 atom stereocenters. The molecule has 0 radical (unpaired) electrons. The Balaban J connectivity index is 0.00000127. The van der Waals surface area contributed by atoms with Crippen LogP contribution < -0.4 is 16.0 Å². The lowest BCUT2D eigenvalue weighted by Gasteiger charge is -2.05. The Hall–Kier alpha value is -2.96. The SMILES string of the molecule is NO.O=CCOc1cccc(NC(=O)/C=C/c2ccccc2)c1. The van der Waals surface area contributed by atoms with Crippen LogP contribution in [0.1, 0.15) is 5.56 Å². The summed E-state index contributed by atoms with van der Waals surface area (Å²) in [7, 11) is 0. The third-order valence-corrected chi connectivity index (χ3v) is 2.65. The second-order valence-electron chi connectivity index (χ2n) is 4.24. The number of anilines is 1. The Morgan fingerprint density at radius 1 is 1.13 bits per heavy atom. The molecule has 0 heterocycles. The van der Waals surface area contributed by atoms with Crippen molar-refractivity contribution in [3.63, 3.8) is 0 Å². The van der Waals surface area contributed by atoms with Gasteiger partial charge in [0.25, 0.3) is 0 Å². The minimum absolute atomic E-state index is 0.00862. The number of nitrogens with two attached hydrogens (primary N) is 1. The fourth-order valence-corrected chi connectivity index (χ4v) is 1.71. The first-order valence-electron chi connectivity index (χ1n) is 6.74. The van der Waals surface area contributed by atoms with Crippen molar-refractivity contribution in [1.29, 1.82) is 0 Å². The number of nitrogens with one attached hydrogen (secondary N) is 1. The largest absolute Gasteiger partial charge is 0.486 e. The first-order chi connectivity index (χ1) is 11.3. The van der Waals surface area contributed by atoms with Gasteiger partial charge in [0.2, 0.25) is 5.91 Å². The van der Waals surface area contributed by atoms with E-state index in [1.807, 2.05) is 30.3 Å². The summed E-state index contributed by atoms with van der Waals surface area (Å²) in [5, 5.41) is 9.23. The molecule has 0 aliphatic rings. The number of amides is 1. The molecule has 2 rings (SSSR count). The van der Waals surface area contributed by atoms with Gasteiger partial charge in [0.05, 0.1) is 0 Å². The van der Waals surface area contributed by atoms with Crippen molar-refractivity contribution in [3.8, 4) is 5.75 Å². The summed E-state index contributed by atoms with van der Waals surface area (Å²) in [4.78, 5) is 22.1. The molecule has 0 aliphatic heterocycles. The van der Waals surface area contributed by atoms with E-state index in [0.717, 1.165) is 5.56 Å². The third-order valence-electron chi connectivity index (χ3n) is 2.65. The van der Waals surface area contributed by atoms with E-state index in [9.17, 15) is 9.59 Å². The molecule has 6 nitrogen and oxygen atoms in total. The molecule has 0 aromatic heterocycles. The molecule has 4 N–H and O–H groups in total. The lowest BCUT2D eigenvalue weighted by atomic mass is 10.2. The van der Waals surface area contributed by atoms with Crippen LogP contribution in [0.5, 0.6) is 5.75 Å². The number of carbonyl (C=O) groups excluding carboxylic acids is 2. The minimum atomic E-state index is -0.230. The van der Waals surface area contributed by atoms with Gasteiger partial charge in [-0.25, -0.2) is 5.90 Å². The van der Waals surface area contributed by atoms with Crippen LogP contribution in [0, 0.1) is 0 Å². The maximum absolute atomic E-state index is 11.8. The Bertz CT molecular complexity index is 642. The Labute approximate surface area is 134 Å². The predicted octanol–water partition coefficient (Wildman–Crippen LogP) is 2.25. The topological polar surface area (TPSA) is 102 Å². The number of rotatable bonds is 6. The number of ether oxygens (including phenoxy) is 1. The number of hydrogen-bond acceptors (Lipinski definition) is 5. The first-order valence-corrected chi connectivity index (χ1v) is 6.74. The normalized spacial score (nSPS) is 9.65. The van der Waals surface area contributed by atoms with E-state index in [4.69, 9.17) is 9.94 Å². The van der Waals surface area contributed by atoms with Crippen molar-refractivity contribution < 1.29 is 19.5 Å². The van der Waals surface area contributed by atoms with Gasteiger partial charge in [-0.1, -0.05) is 36.4 Å². The smallest absolute Gasteiger partial charge is 0.248 e. The molecule has 0 aliphatic carbocycles. The maximum atomic E-state index is 11.8. The molecule has 0 fully saturated rings. The molecule has 0 bridgehead atoms. The zero-order valence-electron chi connectivity index (χ0n) is 12.4. The number of carbonyl (C=O) groups is 2. The van der Waals surface area contributed by atoms with Crippen molar-refractivity contribution in [2.75, 3.05) is 11.9 Å². The van der Waals surface area contributed by atoms with Crippen LogP contribution in [-0.2, 0) is 9.59 Å². The van der Waals surface area contributed by atoms with Crippen molar-refractivity contribution in [3.05, 3.63) is 66.2 Å². The van der Waals surface area contributed by atoms with E-state index in [-0.39, 0.29) is 12.5 Å². The average Bonchev–Trinajstić information content (AvgIpc) is 2.61. The molecule has 0 unspecified atom stereocenters. The first kappa shape index (κ1) is 18.1. The zero-order valence-corrected chi connectivity index (χ0v) is 12.4. The van der Waals surface area contributed by atoms with E-state index in [0.29, 0.717) is 17.7 Å². The van der Waals surface area contributed by atoms with Gasteiger partial charge in [0.15, 0.2) is 6.29 Å². The van der Waals surface area contributed by atoms with Gasteiger partial charge in [-0.15, -0.1) is 0 Å². The van der Waals surface area contributed by atoms with Crippen LogP contribution in [0.3, 0.4) is 0 Å². The van der Waals surface area contributed by atoms with E-state index in [1.165, 1.54) is 6.08 Å². The fourth-order valence-electron chi connectivity index (χ4n) is 1.71. The van der Waals surface area contributed by atoms with Crippen LogP contribution in [0.4, 0.5) is 5.69 Å². The molecule has 0 saturated heterocycles. The van der Waals surface area contributed by atoms with Gasteiger partial charge < -0.3 is 15.3 Å². The van der Waals surface area contributed by atoms with Crippen LogP contribution in [0.25, 0.3) is 6.08 Å². The van der Waals surface area contributed by atoms with E-state index in [2.05, 4.69) is 11.2 Å². The van der Waals surface area contributed by atoms with E-state index >= 15 is 0 Å². The number of hydrogen-bond donors (Lipinski definition) is 3. The van der Waals surface area contributed by atoms with Gasteiger partial charge in [-0.05, 0) is 23.8 Å². The highest BCUT2D eigenvalue weighted by Gasteiger charge is 2.00. The van der Waals surface area contributed by atoms with Crippen molar-refractivity contribution in [2.24, 2.45) is 5.90 Å². The van der Waals surface area contributed by atoms with E-state index in [1.54, 1.807) is 30.3 Å². The molecule has 6 heteroatoms. The second-order valence-corrected chi connectivity index (χ2v) is 4.24. The summed E-state index contributed by atoms with van der Waals surface area (Å²) in [5.41, 5.74) is 1.57. The molecule has 0 saturated carbocycles. The summed E-state index contributed by atoms with van der Waals surface area (Å²) < 4.78 is 5.17. The lowest BCUT2D eigenvalue weighted by molar-refractivity contribution is -0.112. The molecule has 23 heavy (non-hydrogen) atoms. The molecule has 0 spiro atoms. The number of aldehydes is 1. The van der Waals surface area contributed by atoms with Gasteiger partial charge in [-0.2, -0.15) is 0 Å². The Morgan fingerprint density at radius 3 is 2.57 bits per heavy atom. The monoisotopic (exact) mass is 314 g/mol. The van der Waals surface area contributed by atoms with Gasteiger partial charge in [0, 0.05) is 17.8 Å². The maximum Gasteiger partial charge on any atom is 0.248 e. The number of benzene rings is 2. The highest BCUT2D eigenvalue weighted by molar-refractivity contribution is 6.02. The van der Waals surface area contributed by atoms with Crippen LogP contribution in [0.15, 0.2) is 60.7 Å². The minimum Gasteiger partial charge on any atom is -0.486 e. The van der Waals surface area contributed by atoms with Crippen molar-refractivity contribution in [1.82, 2.24) is 0 Å². The lowest BCUT2D eigenvalue weighted by Crippen LogP contribution is -2.08. The Morgan fingerprint density at radius 2 is 1.87 bits per heavy atom. The molecule has 2 aromatic carbocycles. The highest BCUT2D eigenvalue weighted by Crippen LogP contribution is 2.17. The third kappa shape index (κ3) is 7.03. The van der Waals surface area contributed by atoms with Crippen LogP contribution >= 0.6 is 0 Å². The fraction of sp³-hybridized carbons (Fsp3) is 0.0588. The summed E-state index contributed by atoms with van der Waals surface area (Å²) in [6, 6.07) is 16.4. The molecule has 120 valence electrons. The molecular weight excluding hydrogens is 296 g/mol. The average molecular weight is 314 g/mol. The quantitative estimate of drug-likeness (QED) is 0.431. The summed E-state index contributed by atoms with van der Waals surface area (Å²) in [6.07, 6.45) is 3.88. The highest BCUT2D eigenvalue weighted by atomic mass is 16.5. The van der Waals surface area contributed by atoms with Gasteiger partial charge in [0.1, 0.15) is 12.4 Å². The van der Waals surface area contributed by atoms with Crippen LogP contribution in [-0.4, -0.2) is 24.0 Å². The summed E-state index contributed by atoms with van der Waals surface area (Å²) >= 11 is 0. The Kier molecular flexibility index (Phi) is 8.43. The standard InChI is InChI=1S/C17H15NO3.H3NO/c19-11-12-21-16-8-4-7-15(13-16)18-17(20)10-9-14-5-2-1-3-6-14;1-2/h1-11,13H,12H2,(H,18,20);2H,1H2/b10-9+;. The molecule has 2 aromatic rings. The van der Waals surface area contributed by atoms with Gasteiger partial charge in [-0.3, -0.25) is 9.59 Å². The summed E-state index contributed by atoms with van der Waals surface area (Å²) in [5.74, 6) is 3.80. The predicted molar refractivity (Wildman–Crippen MR) is 88.1 cm³/mol. The molecular formula is C17H18N2O4. The van der Waals surface area contributed by atoms with E-state index < -0.39 is 0 Å². The summed E-state index contributed by atoms with van der Waals surface area (Å²) in [6.45, 7) is -0.00862. The zero-order chi connectivity index (χ0) is 16.9. The van der Waals surface area contributed by atoms with Crippen LogP contribution in [0.2, 0.25) is 0 Å². The van der Waals surface area contributed by atoms with Crippen molar-refractivity contribution >= 4 is 24.0 Å². The van der Waals surface area contributed by atoms with Gasteiger partial charge >= 0.3 is 0 Å².